The maximum atomic E-state index is 12.3. The van der Waals surface area contributed by atoms with Crippen LogP contribution in [0.1, 0.15) is 33.6 Å². The molecule has 1 aromatic carbocycles. The van der Waals surface area contributed by atoms with Crippen molar-refractivity contribution in [3.63, 3.8) is 0 Å². The maximum absolute atomic E-state index is 12.3. The van der Waals surface area contributed by atoms with Crippen molar-refractivity contribution < 1.29 is 8.42 Å². The zero-order valence-corrected chi connectivity index (χ0v) is 15.5. The van der Waals surface area contributed by atoms with Crippen molar-refractivity contribution in [1.82, 2.24) is 4.72 Å². The molecule has 114 valence electrons. The lowest BCUT2D eigenvalue weighted by Crippen LogP contribution is -2.33. The average Bonchev–Trinajstić information content (AvgIpc) is 2.23. The Morgan fingerprint density at radius 2 is 1.65 bits per heavy atom. The van der Waals surface area contributed by atoms with Gasteiger partial charge in [-0.1, -0.05) is 53.0 Å². The van der Waals surface area contributed by atoms with Gasteiger partial charge in [0.05, 0.1) is 10.0 Å². The molecule has 0 aliphatic heterocycles. The minimum atomic E-state index is -3.72. The van der Waals surface area contributed by atoms with Crippen molar-refractivity contribution in [2.24, 2.45) is 5.92 Å². The lowest BCUT2D eigenvalue weighted by atomic mass is 10.1. The number of sulfonamides is 1. The number of benzene rings is 1. The summed E-state index contributed by atoms with van der Waals surface area (Å²) in [5.74, 6) is 0.529. The molecule has 7 heteroatoms. The van der Waals surface area contributed by atoms with E-state index in [2.05, 4.69) is 34.5 Å². The SMILES string of the molecule is CC(C)CCC(C)NS(=O)(=O)c1c(Cl)cc(Br)cc1Cl. The Kier molecular flexibility index (Phi) is 6.80. The first kappa shape index (κ1) is 18.2. The molecule has 1 aromatic rings. The first-order chi connectivity index (χ1) is 9.13. The van der Waals surface area contributed by atoms with Crippen molar-refractivity contribution in [2.75, 3.05) is 0 Å². The monoisotopic (exact) mass is 401 g/mol. The standard InChI is InChI=1S/C13H18BrCl2NO2S/c1-8(2)4-5-9(3)17-20(18,19)13-11(15)6-10(14)7-12(13)16/h6-9,17H,4-5H2,1-3H3. The summed E-state index contributed by atoms with van der Waals surface area (Å²) in [5.41, 5.74) is 0. The summed E-state index contributed by atoms with van der Waals surface area (Å²) in [7, 11) is -3.72. The van der Waals surface area contributed by atoms with Crippen molar-refractivity contribution in [1.29, 1.82) is 0 Å². The molecular weight excluding hydrogens is 385 g/mol. The van der Waals surface area contributed by atoms with E-state index in [9.17, 15) is 8.42 Å². The lowest BCUT2D eigenvalue weighted by molar-refractivity contribution is 0.485. The van der Waals surface area contributed by atoms with Gasteiger partial charge >= 0.3 is 0 Å². The summed E-state index contributed by atoms with van der Waals surface area (Å²) >= 11 is 15.2. The van der Waals surface area contributed by atoms with E-state index in [-0.39, 0.29) is 21.0 Å². The number of hydrogen-bond donors (Lipinski definition) is 1. The van der Waals surface area contributed by atoms with Crippen LogP contribution in [0.4, 0.5) is 0 Å². The topological polar surface area (TPSA) is 46.2 Å². The fourth-order valence-electron chi connectivity index (χ4n) is 1.75. The highest BCUT2D eigenvalue weighted by Gasteiger charge is 2.24. The van der Waals surface area contributed by atoms with Gasteiger partial charge in [0.25, 0.3) is 0 Å². The third kappa shape index (κ3) is 5.19. The van der Waals surface area contributed by atoms with Crippen molar-refractivity contribution in [3.8, 4) is 0 Å². The maximum Gasteiger partial charge on any atom is 0.243 e. The Bertz CT molecular complexity index is 553. The first-order valence-corrected chi connectivity index (χ1v) is 9.33. The summed E-state index contributed by atoms with van der Waals surface area (Å²) in [4.78, 5) is -0.0690. The van der Waals surface area contributed by atoms with E-state index in [0.717, 1.165) is 12.8 Å². The van der Waals surface area contributed by atoms with Crippen molar-refractivity contribution >= 4 is 49.2 Å². The second kappa shape index (κ2) is 7.45. The Morgan fingerprint density at radius 1 is 1.15 bits per heavy atom. The second-order valence-electron chi connectivity index (χ2n) is 5.19. The van der Waals surface area contributed by atoms with Crippen LogP contribution in [0, 0.1) is 5.92 Å². The van der Waals surface area contributed by atoms with Gasteiger partial charge in [0.15, 0.2) is 0 Å². The predicted molar refractivity (Wildman–Crippen MR) is 88.0 cm³/mol. The molecule has 3 nitrogen and oxygen atoms in total. The summed E-state index contributed by atoms with van der Waals surface area (Å²) in [6.07, 6.45) is 1.72. The number of hydrogen-bond acceptors (Lipinski definition) is 2. The van der Waals surface area contributed by atoms with Crippen LogP contribution in [0.15, 0.2) is 21.5 Å². The van der Waals surface area contributed by atoms with Crippen LogP contribution in [0.5, 0.6) is 0 Å². The van der Waals surface area contributed by atoms with E-state index in [0.29, 0.717) is 10.4 Å². The van der Waals surface area contributed by atoms with Gasteiger partial charge in [-0.15, -0.1) is 0 Å². The normalized spacial score (nSPS) is 13.8. The Balaban J connectivity index is 2.95. The Hall–Kier alpha value is 0.190. The zero-order chi connectivity index (χ0) is 15.5. The zero-order valence-electron chi connectivity index (χ0n) is 11.6. The summed E-state index contributed by atoms with van der Waals surface area (Å²) in [5, 5.41) is 0.209. The minimum absolute atomic E-state index is 0.0690. The molecule has 1 rings (SSSR count). The van der Waals surface area contributed by atoms with E-state index >= 15 is 0 Å². The van der Waals surface area contributed by atoms with Gasteiger partial charge in [-0.2, -0.15) is 0 Å². The van der Waals surface area contributed by atoms with Crippen LogP contribution < -0.4 is 4.72 Å². The molecule has 0 saturated carbocycles. The van der Waals surface area contributed by atoms with Crippen LogP contribution in [-0.2, 0) is 10.0 Å². The van der Waals surface area contributed by atoms with E-state index in [1.165, 1.54) is 12.1 Å². The molecule has 0 aliphatic rings. The smallest absolute Gasteiger partial charge is 0.208 e. The van der Waals surface area contributed by atoms with Gasteiger partial charge in [0.2, 0.25) is 10.0 Å². The van der Waals surface area contributed by atoms with Crippen LogP contribution in [0.25, 0.3) is 0 Å². The predicted octanol–water partition coefficient (Wildman–Crippen LogP) is 4.86. The molecule has 0 saturated heterocycles. The molecule has 0 aromatic heterocycles. The van der Waals surface area contributed by atoms with Gasteiger partial charge < -0.3 is 0 Å². The van der Waals surface area contributed by atoms with Gasteiger partial charge in [-0.25, -0.2) is 13.1 Å². The van der Waals surface area contributed by atoms with Crippen molar-refractivity contribution in [3.05, 3.63) is 26.7 Å². The molecule has 0 amide bonds. The number of rotatable bonds is 6. The molecule has 0 radical (unpaired) electrons. The summed E-state index contributed by atoms with van der Waals surface area (Å²) < 4.78 is 27.9. The fourth-order valence-corrected chi connectivity index (χ4v) is 4.97. The van der Waals surface area contributed by atoms with Gasteiger partial charge in [0.1, 0.15) is 4.90 Å². The summed E-state index contributed by atoms with van der Waals surface area (Å²) in [6, 6.07) is 2.86. The Labute approximate surface area is 139 Å². The van der Waals surface area contributed by atoms with Crippen LogP contribution in [0.2, 0.25) is 10.0 Å². The van der Waals surface area contributed by atoms with Crippen LogP contribution in [-0.4, -0.2) is 14.5 Å². The fraction of sp³-hybridized carbons (Fsp3) is 0.538. The average molecular weight is 403 g/mol. The van der Waals surface area contributed by atoms with E-state index in [1.54, 1.807) is 0 Å². The minimum Gasteiger partial charge on any atom is -0.208 e. The number of halogens is 3. The second-order valence-corrected chi connectivity index (χ2v) is 8.57. The lowest BCUT2D eigenvalue weighted by Gasteiger charge is -2.16. The number of nitrogens with one attached hydrogen (secondary N) is 1. The van der Waals surface area contributed by atoms with Crippen LogP contribution >= 0.6 is 39.1 Å². The third-order valence-corrected chi connectivity index (χ3v) is 5.73. The molecule has 0 heterocycles. The third-order valence-electron chi connectivity index (χ3n) is 2.77. The van der Waals surface area contributed by atoms with E-state index in [1.807, 2.05) is 6.92 Å². The van der Waals surface area contributed by atoms with Gasteiger partial charge in [-0.05, 0) is 37.8 Å². The molecule has 0 spiro atoms. The molecule has 1 unspecified atom stereocenters. The molecule has 20 heavy (non-hydrogen) atoms. The summed E-state index contributed by atoms with van der Waals surface area (Å²) in [6.45, 7) is 6.04. The van der Waals surface area contributed by atoms with Crippen LogP contribution in [0.3, 0.4) is 0 Å². The van der Waals surface area contributed by atoms with Gasteiger partial charge in [0, 0.05) is 10.5 Å². The largest absolute Gasteiger partial charge is 0.243 e. The molecular formula is C13H18BrCl2NO2S. The first-order valence-electron chi connectivity index (χ1n) is 6.30. The molecule has 0 bridgehead atoms. The highest BCUT2D eigenvalue weighted by Crippen LogP contribution is 2.32. The Morgan fingerprint density at radius 3 is 2.10 bits per heavy atom. The quantitative estimate of drug-likeness (QED) is 0.738. The van der Waals surface area contributed by atoms with E-state index in [4.69, 9.17) is 23.2 Å². The molecule has 0 fully saturated rings. The highest BCUT2D eigenvalue weighted by atomic mass is 79.9. The van der Waals surface area contributed by atoms with Gasteiger partial charge in [-0.3, -0.25) is 0 Å². The highest BCUT2D eigenvalue weighted by molar-refractivity contribution is 9.10. The van der Waals surface area contributed by atoms with Crippen molar-refractivity contribution in [2.45, 2.75) is 44.6 Å². The van der Waals surface area contributed by atoms with E-state index < -0.39 is 10.0 Å². The molecule has 0 aliphatic carbocycles. The molecule has 1 N–H and O–H groups in total. The molecule has 1 atom stereocenters.